The third kappa shape index (κ3) is 1.88. The second kappa shape index (κ2) is 4.03. The number of nitrogens with zero attached hydrogens (tertiary/aromatic N) is 3. The Morgan fingerprint density at radius 1 is 1.59 bits per heavy atom. The Morgan fingerprint density at radius 3 is 3.12 bits per heavy atom. The number of hydrogen-bond acceptors (Lipinski definition) is 5. The lowest BCUT2D eigenvalue weighted by molar-refractivity contribution is -0.115. The van der Waals surface area contributed by atoms with E-state index in [1.807, 2.05) is 19.1 Å². The molecule has 0 saturated carbocycles. The quantitative estimate of drug-likeness (QED) is 0.764. The third-order valence-corrected chi connectivity index (χ3v) is 3.60. The van der Waals surface area contributed by atoms with Crippen molar-refractivity contribution in [2.45, 2.75) is 19.4 Å². The number of aliphatic imine (C=N–C) groups is 1. The van der Waals surface area contributed by atoms with Crippen LogP contribution in [0.1, 0.15) is 25.1 Å². The summed E-state index contributed by atoms with van der Waals surface area (Å²) in [6.45, 7) is 1.97. The zero-order valence-electron chi connectivity index (χ0n) is 9.29. The van der Waals surface area contributed by atoms with Gasteiger partial charge in [0.2, 0.25) is 0 Å². The predicted octanol–water partition coefficient (Wildman–Crippen LogP) is 2.03. The second-order valence-electron chi connectivity index (χ2n) is 3.99. The Hall–Kier alpha value is -1.56. The van der Waals surface area contributed by atoms with Gasteiger partial charge < -0.3 is 4.42 Å². The first-order valence-corrected chi connectivity index (χ1v) is 6.33. The van der Waals surface area contributed by atoms with Crippen LogP contribution in [-0.4, -0.2) is 27.5 Å². The molecule has 1 aromatic rings. The molecule has 3 heterocycles. The van der Waals surface area contributed by atoms with E-state index in [1.165, 1.54) is 11.8 Å². The summed E-state index contributed by atoms with van der Waals surface area (Å²) in [5.41, 5.74) is 1.02. The summed E-state index contributed by atoms with van der Waals surface area (Å²) in [6, 6.07) is 3.81. The standard InChI is InChI=1S/C11H11N3O2S/c1-7-5-8(9-3-2-4-16-9)14(13-7)11-12-10(15)6-17-11/h2-4,8H,5-6H2,1H3. The van der Waals surface area contributed by atoms with Crippen molar-refractivity contribution in [3.05, 3.63) is 24.2 Å². The number of thioether (sulfide) groups is 1. The van der Waals surface area contributed by atoms with Crippen LogP contribution in [0, 0.1) is 0 Å². The molecule has 0 aromatic carbocycles. The van der Waals surface area contributed by atoms with E-state index in [0.717, 1.165) is 17.9 Å². The molecule has 3 rings (SSSR count). The number of amides is 1. The molecular weight excluding hydrogens is 238 g/mol. The van der Waals surface area contributed by atoms with Gasteiger partial charge >= 0.3 is 0 Å². The van der Waals surface area contributed by atoms with Crippen molar-refractivity contribution in [3.63, 3.8) is 0 Å². The van der Waals surface area contributed by atoms with E-state index < -0.39 is 0 Å². The molecule has 2 aliphatic rings. The Kier molecular flexibility index (Phi) is 2.51. The largest absolute Gasteiger partial charge is 0.467 e. The summed E-state index contributed by atoms with van der Waals surface area (Å²) < 4.78 is 5.42. The maximum absolute atomic E-state index is 11.2. The Bertz CT molecular complexity index is 507. The molecular formula is C11H11N3O2S. The minimum atomic E-state index is -0.0945. The van der Waals surface area contributed by atoms with Gasteiger partial charge in [-0.25, -0.2) is 5.01 Å². The van der Waals surface area contributed by atoms with Crippen LogP contribution in [0.15, 0.2) is 32.9 Å². The van der Waals surface area contributed by atoms with Gasteiger partial charge in [0.25, 0.3) is 5.91 Å². The number of rotatable bonds is 1. The van der Waals surface area contributed by atoms with Crippen LogP contribution in [0.2, 0.25) is 0 Å². The topological polar surface area (TPSA) is 58.2 Å². The highest BCUT2D eigenvalue weighted by Crippen LogP contribution is 2.34. The van der Waals surface area contributed by atoms with Crippen LogP contribution in [0.3, 0.4) is 0 Å². The summed E-state index contributed by atoms with van der Waals surface area (Å²) >= 11 is 1.43. The first-order chi connectivity index (χ1) is 8.24. The molecule has 0 bridgehead atoms. The van der Waals surface area contributed by atoms with E-state index >= 15 is 0 Å². The zero-order valence-corrected chi connectivity index (χ0v) is 10.1. The molecule has 0 radical (unpaired) electrons. The smallest absolute Gasteiger partial charge is 0.258 e. The van der Waals surface area contributed by atoms with Crippen molar-refractivity contribution in [1.82, 2.24) is 5.01 Å². The number of amidine groups is 1. The first kappa shape index (κ1) is 10.6. The minimum Gasteiger partial charge on any atom is -0.467 e. The maximum atomic E-state index is 11.2. The molecule has 0 spiro atoms. The highest BCUT2D eigenvalue weighted by Gasteiger charge is 2.34. The van der Waals surface area contributed by atoms with Gasteiger partial charge in [0, 0.05) is 12.1 Å². The summed E-state index contributed by atoms with van der Waals surface area (Å²) in [7, 11) is 0. The van der Waals surface area contributed by atoms with Crippen molar-refractivity contribution in [2.24, 2.45) is 10.1 Å². The fraction of sp³-hybridized carbons (Fsp3) is 0.364. The van der Waals surface area contributed by atoms with Gasteiger partial charge in [-0.05, 0) is 19.1 Å². The van der Waals surface area contributed by atoms with Gasteiger partial charge in [-0.2, -0.15) is 10.1 Å². The van der Waals surface area contributed by atoms with E-state index in [0.29, 0.717) is 10.9 Å². The van der Waals surface area contributed by atoms with Gasteiger partial charge in [-0.15, -0.1) is 0 Å². The van der Waals surface area contributed by atoms with E-state index in [-0.39, 0.29) is 11.9 Å². The third-order valence-electron chi connectivity index (χ3n) is 2.68. The summed E-state index contributed by atoms with van der Waals surface area (Å²) in [6.07, 6.45) is 2.46. The molecule has 1 atom stereocenters. The van der Waals surface area contributed by atoms with Crippen LogP contribution >= 0.6 is 11.8 Å². The van der Waals surface area contributed by atoms with Gasteiger partial charge in [-0.1, -0.05) is 11.8 Å². The number of hydrazone groups is 1. The molecule has 2 aliphatic heterocycles. The highest BCUT2D eigenvalue weighted by atomic mass is 32.2. The number of furan rings is 1. The summed E-state index contributed by atoms with van der Waals surface area (Å²) in [5, 5.41) is 6.90. The molecule has 5 nitrogen and oxygen atoms in total. The summed E-state index contributed by atoms with van der Waals surface area (Å²) in [5.74, 6) is 1.17. The second-order valence-corrected chi connectivity index (χ2v) is 4.93. The van der Waals surface area contributed by atoms with Gasteiger partial charge in [0.05, 0.1) is 12.0 Å². The molecule has 0 fully saturated rings. The van der Waals surface area contributed by atoms with E-state index in [2.05, 4.69) is 10.1 Å². The van der Waals surface area contributed by atoms with E-state index in [4.69, 9.17) is 4.42 Å². The van der Waals surface area contributed by atoms with Crippen LogP contribution in [0.4, 0.5) is 0 Å². The van der Waals surface area contributed by atoms with Gasteiger partial charge in [0.15, 0.2) is 5.17 Å². The monoisotopic (exact) mass is 249 g/mol. The van der Waals surface area contributed by atoms with Crippen molar-refractivity contribution < 1.29 is 9.21 Å². The minimum absolute atomic E-state index is 0.0298. The lowest BCUT2D eigenvalue weighted by Gasteiger charge is -2.20. The molecule has 88 valence electrons. The average Bonchev–Trinajstić information content (AvgIpc) is 2.96. The SMILES string of the molecule is CC1=NN(C2=NC(=O)CS2)C(c2ccco2)C1. The highest BCUT2D eigenvalue weighted by molar-refractivity contribution is 8.14. The molecule has 6 heteroatoms. The Labute approximate surface area is 103 Å². The molecule has 0 saturated heterocycles. The molecule has 1 aromatic heterocycles. The van der Waals surface area contributed by atoms with Gasteiger partial charge in [0.1, 0.15) is 11.8 Å². The zero-order chi connectivity index (χ0) is 11.8. The van der Waals surface area contributed by atoms with Crippen LogP contribution in [0.5, 0.6) is 0 Å². The average molecular weight is 249 g/mol. The fourth-order valence-electron chi connectivity index (χ4n) is 1.95. The van der Waals surface area contributed by atoms with Crippen LogP contribution < -0.4 is 0 Å². The Balaban J connectivity index is 1.91. The van der Waals surface area contributed by atoms with E-state index in [9.17, 15) is 4.79 Å². The van der Waals surface area contributed by atoms with Crippen LogP contribution in [-0.2, 0) is 4.79 Å². The van der Waals surface area contributed by atoms with E-state index in [1.54, 1.807) is 11.3 Å². The fourth-order valence-corrected chi connectivity index (χ4v) is 2.74. The van der Waals surface area contributed by atoms with Crippen molar-refractivity contribution in [2.75, 3.05) is 5.75 Å². The molecule has 1 unspecified atom stereocenters. The normalized spacial score (nSPS) is 24.2. The number of carbonyl (C=O) groups excluding carboxylic acids is 1. The first-order valence-electron chi connectivity index (χ1n) is 5.35. The van der Waals surface area contributed by atoms with Crippen molar-refractivity contribution in [3.8, 4) is 0 Å². The van der Waals surface area contributed by atoms with Crippen LogP contribution in [0.25, 0.3) is 0 Å². The van der Waals surface area contributed by atoms with Gasteiger partial charge in [-0.3, -0.25) is 4.79 Å². The predicted molar refractivity (Wildman–Crippen MR) is 65.9 cm³/mol. The van der Waals surface area contributed by atoms with Crippen molar-refractivity contribution >= 4 is 28.5 Å². The number of hydrogen-bond donors (Lipinski definition) is 0. The van der Waals surface area contributed by atoms with Crippen molar-refractivity contribution in [1.29, 1.82) is 0 Å². The number of carbonyl (C=O) groups is 1. The maximum Gasteiger partial charge on any atom is 0.258 e. The lowest BCUT2D eigenvalue weighted by Crippen LogP contribution is -2.23. The Morgan fingerprint density at radius 2 is 2.47 bits per heavy atom. The lowest BCUT2D eigenvalue weighted by atomic mass is 10.1. The molecule has 1 amide bonds. The molecule has 17 heavy (non-hydrogen) atoms. The summed E-state index contributed by atoms with van der Waals surface area (Å²) in [4.78, 5) is 15.2. The molecule has 0 N–H and O–H groups in total. The molecule has 0 aliphatic carbocycles.